The van der Waals surface area contributed by atoms with Gasteiger partial charge in [0.2, 0.25) is 5.91 Å². The molecule has 1 rings (SSSR count). The van der Waals surface area contributed by atoms with Gasteiger partial charge in [0.05, 0.1) is 5.60 Å². The number of nitrogens with zero attached hydrogens (tertiary/aromatic N) is 1. The van der Waals surface area contributed by atoms with Crippen molar-refractivity contribution < 1.29 is 14.6 Å². The molecule has 0 aliphatic heterocycles. The fraction of sp³-hybridized carbons (Fsp3) is 0.583. The molecule has 0 fully saturated rings. The van der Waals surface area contributed by atoms with Crippen LogP contribution in [0.1, 0.15) is 13.3 Å². The number of nitrogens with one attached hydrogen (secondary N) is 2. The van der Waals surface area contributed by atoms with Gasteiger partial charge in [0.1, 0.15) is 6.54 Å². The minimum absolute atomic E-state index is 0.0288. The number of aliphatic hydroxyl groups is 1. The Morgan fingerprint density at radius 2 is 2.20 bits per heavy atom. The quantitative estimate of drug-likeness (QED) is 0.561. The van der Waals surface area contributed by atoms with Gasteiger partial charge in [-0.1, -0.05) is 0 Å². The SMILES string of the molecule is COCCC(C)(O)CNC(=O)Cn1[nH]c(=O)ccc1=O. The lowest BCUT2D eigenvalue weighted by Crippen LogP contribution is -2.43. The van der Waals surface area contributed by atoms with Crippen molar-refractivity contribution >= 4 is 5.91 Å². The number of hydrogen-bond donors (Lipinski definition) is 3. The monoisotopic (exact) mass is 285 g/mol. The average Bonchev–Trinajstić information content (AvgIpc) is 2.39. The zero-order chi connectivity index (χ0) is 15.2. The van der Waals surface area contributed by atoms with Crippen molar-refractivity contribution in [3.63, 3.8) is 0 Å². The van der Waals surface area contributed by atoms with E-state index in [-0.39, 0.29) is 13.1 Å². The highest BCUT2D eigenvalue weighted by molar-refractivity contribution is 5.75. The molecule has 1 amide bonds. The van der Waals surface area contributed by atoms with Gasteiger partial charge >= 0.3 is 0 Å². The van der Waals surface area contributed by atoms with Crippen molar-refractivity contribution in [1.29, 1.82) is 0 Å². The lowest BCUT2D eigenvalue weighted by molar-refractivity contribution is -0.123. The zero-order valence-corrected chi connectivity index (χ0v) is 11.5. The molecule has 0 aromatic carbocycles. The van der Waals surface area contributed by atoms with E-state index in [4.69, 9.17) is 4.74 Å². The van der Waals surface area contributed by atoms with Crippen molar-refractivity contribution in [1.82, 2.24) is 15.1 Å². The van der Waals surface area contributed by atoms with Crippen LogP contribution in [-0.4, -0.2) is 46.7 Å². The van der Waals surface area contributed by atoms with E-state index < -0.39 is 22.6 Å². The van der Waals surface area contributed by atoms with E-state index in [0.717, 1.165) is 16.8 Å². The maximum atomic E-state index is 11.7. The van der Waals surface area contributed by atoms with Crippen LogP contribution >= 0.6 is 0 Å². The van der Waals surface area contributed by atoms with Gasteiger partial charge in [-0.15, -0.1) is 0 Å². The summed E-state index contributed by atoms with van der Waals surface area (Å²) < 4.78 is 5.76. The second-order valence-electron chi connectivity index (χ2n) is 4.75. The first-order valence-corrected chi connectivity index (χ1v) is 6.12. The second kappa shape index (κ2) is 7.01. The number of carbonyl (C=O) groups is 1. The molecule has 0 aliphatic rings. The fourth-order valence-corrected chi connectivity index (χ4v) is 1.48. The lowest BCUT2D eigenvalue weighted by atomic mass is 10.0. The van der Waals surface area contributed by atoms with E-state index in [1.165, 1.54) is 7.11 Å². The van der Waals surface area contributed by atoms with E-state index in [1.807, 2.05) is 0 Å². The summed E-state index contributed by atoms with van der Waals surface area (Å²) in [7, 11) is 1.52. The number of carbonyl (C=O) groups excluding carboxylic acids is 1. The molecule has 0 saturated carbocycles. The Balaban J connectivity index is 2.54. The van der Waals surface area contributed by atoms with Crippen molar-refractivity contribution in [2.45, 2.75) is 25.5 Å². The molecule has 8 heteroatoms. The predicted molar refractivity (Wildman–Crippen MR) is 71.4 cm³/mol. The largest absolute Gasteiger partial charge is 0.388 e. The number of hydrogen-bond acceptors (Lipinski definition) is 5. The van der Waals surface area contributed by atoms with Crippen LogP contribution in [0.15, 0.2) is 21.7 Å². The van der Waals surface area contributed by atoms with Crippen LogP contribution in [0.4, 0.5) is 0 Å². The first-order chi connectivity index (χ1) is 9.34. The molecule has 3 N–H and O–H groups in total. The van der Waals surface area contributed by atoms with Crippen molar-refractivity contribution in [3.8, 4) is 0 Å². The highest BCUT2D eigenvalue weighted by atomic mass is 16.5. The Labute approximate surface area is 115 Å². The topological polar surface area (TPSA) is 113 Å². The molecule has 1 aromatic rings. The molecule has 0 saturated heterocycles. The van der Waals surface area contributed by atoms with Gasteiger partial charge in [-0.3, -0.25) is 19.5 Å². The third-order valence-electron chi connectivity index (χ3n) is 2.70. The third kappa shape index (κ3) is 5.37. The number of rotatable bonds is 7. The molecule has 1 atom stereocenters. The molecule has 0 radical (unpaired) electrons. The van der Waals surface area contributed by atoms with Gasteiger partial charge in [-0.05, 0) is 6.92 Å². The molecule has 1 heterocycles. The van der Waals surface area contributed by atoms with Gasteiger partial charge in [-0.25, -0.2) is 4.68 Å². The van der Waals surface area contributed by atoms with E-state index >= 15 is 0 Å². The number of aromatic amines is 1. The Morgan fingerprint density at radius 3 is 2.85 bits per heavy atom. The Morgan fingerprint density at radius 1 is 1.50 bits per heavy atom. The van der Waals surface area contributed by atoms with Crippen molar-refractivity contribution in [2.75, 3.05) is 20.3 Å². The standard InChI is InChI=1S/C12H19N3O5/c1-12(19,5-6-20-2)8-13-10(17)7-15-11(18)4-3-9(16)14-15/h3-4,19H,5-8H2,1-2H3,(H,13,17)(H,14,16). The summed E-state index contributed by atoms with van der Waals surface area (Å²) in [6.45, 7) is 1.66. The molecule has 1 unspecified atom stereocenters. The smallest absolute Gasteiger partial charge is 0.265 e. The van der Waals surface area contributed by atoms with E-state index in [9.17, 15) is 19.5 Å². The molecule has 0 spiro atoms. The lowest BCUT2D eigenvalue weighted by Gasteiger charge is -2.23. The minimum atomic E-state index is -1.10. The second-order valence-corrected chi connectivity index (χ2v) is 4.75. The fourth-order valence-electron chi connectivity index (χ4n) is 1.48. The molecule has 1 aromatic heterocycles. The normalized spacial score (nSPS) is 13.8. The Bertz CT molecular complexity index is 561. The minimum Gasteiger partial charge on any atom is -0.388 e. The van der Waals surface area contributed by atoms with Crippen molar-refractivity contribution in [3.05, 3.63) is 32.8 Å². The van der Waals surface area contributed by atoms with Gasteiger partial charge in [0.15, 0.2) is 0 Å². The highest BCUT2D eigenvalue weighted by Gasteiger charge is 2.20. The van der Waals surface area contributed by atoms with Crippen LogP contribution in [0.5, 0.6) is 0 Å². The maximum Gasteiger partial charge on any atom is 0.265 e. The molecule has 112 valence electrons. The van der Waals surface area contributed by atoms with Crippen molar-refractivity contribution in [2.24, 2.45) is 0 Å². The van der Waals surface area contributed by atoms with Crippen LogP contribution < -0.4 is 16.4 Å². The number of ether oxygens (including phenoxy) is 1. The Kier molecular flexibility index (Phi) is 5.66. The molecule has 8 nitrogen and oxygen atoms in total. The highest BCUT2D eigenvalue weighted by Crippen LogP contribution is 2.07. The predicted octanol–water partition coefficient (Wildman–Crippen LogP) is -1.56. The summed E-state index contributed by atoms with van der Waals surface area (Å²) in [4.78, 5) is 34.1. The summed E-state index contributed by atoms with van der Waals surface area (Å²) in [6.07, 6.45) is 0.367. The van der Waals surface area contributed by atoms with E-state index in [2.05, 4.69) is 10.4 Å². The maximum absolute atomic E-state index is 11.7. The molecular weight excluding hydrogens is 266 g/mol. The first kappa shape index (κ1) is 16.1. The van der Waals surface area contributed by atoms with E-state index in [0.29, 0.717) is 13.0 Å². The summed E-state index contributed by atoms with van der Waals surface area (Å²) in [5.74, 6) is -0.480. The average molecular weight is 285 g/mol. The van der Waals surface area contributed by atoms with Crippen LogP contribution in [0.25, 0.3) is 0 Å². The Hall–Kier alpha value is -1.93. The number of aromatic nitrogens is 2. The third-order valence-corrected chi connectivity index (χ3v) is 2.70. The summed E-state index contributed by atoms with van der Waals surface area (Å²) >= 11 is 0. The van der Waals surface area contributed by atoms with Gasteiger partial charge in [-0.2, -0.15) is 0 Å². The number of methoxy groups -OCH3 is 1. The molecule has 0 bridgehead atoms. The molecule has 20 heavy (non-hydrogen) atoms. The van der Waals surface area contributed by atoms with Gasteiger partial charge in [0.25, 0.3) is 11.1 Å². The molecular formula is C12H19N3O5. The van der Waals surface area contributed by atoms with Gasteiger partial charge < -0.3 is 15.2 Å². The van der Waals surface area contributed by atoms with Crippen LogP contribution in [-0.2, 0) is 16.1 Å². The zero-order valence-electron chi connectivity index (χ0n) is 11.5. The number of H-pyrrole nitrogens is 1. The summed E-state index contributed by atoms with van der Waals surface area (Å²) in [5, 5.41) is 14.7. The number of amides is 1. The van der Waals surface area contributed by atoms with E-state index in [1.54, 1.807) is 6.92 Å². The van der Waals surface area contributed by atoms with Crippen LogP contribution in [0, 0.1) is 0 Å². The first-order valence-electron chi connectivity index (χ1n) is 6.12. The van der Waals surface area contributed by atoms with Crippen LogP contribution in [0.3, 0.4) is 0 Å². The summed E-state index contributed by atoms with van der Waals surface area (Å²) in [6, 6.07) is 2.17. The molecule has 0 aliphatic carbocycles. The van der Waals surface area contributed by atoms with Gasteiger partial charge in [0, 0.05) is 38.8 Å². The summed E-state index contributed by atoms with van der Waals surface area (Å²) in [5.41, 5.74) is -2.05. The van der Waals surface area contributed by atoms with Crippen LogP contribution in [0.2, 0.25) is 0 Å².